The highest BCUT2D eigenvalue weighted by atomic mass is 35.5. The van der Waals surface area contributed by atoms with Gasteiger partial charge in [0.1, 0.15) is 5.82 Å². The lowest BCUT2D eigenvalue weighted by atomic mass is 10.1. The van der Waals surface area contributed by atoms with Gasteiger partial charge in [-0.3, -0.25) is 4.99 Å². The van der Waals surface area contributed by atoms with Crippen molar-refractivity contribution in [2.75, 3.05) is 7.05 Å². The minimum absolute atomic E-state index is 0.227. The lowest BCUT2D eigenvalue weighted by Gasteiger charge is -2.08. The summed E-state index contributed by atoms with van der Waals surface area (Å²) >= 11 is 7.68. The Balaban J connectivity index is 2.06. The number of nitrogens with zero attached hydrogens (tertiary/aromatic N) is 2. The van der Waals surface area contributed by atoms with E-state index in [4.69, 9.17) is 11.6 Å². The van der Waals surface area contributed by atoms with E-state index in [1.54, 1.807) is 30.5 Å². The molecule has 0 bridgehead atoms. The van der Waals surface area contributed by atoms with Crippen LogP contribution < -0.4 is 4.80 Å². The molecule has 2 aromatic carbocycles. The first-order chi connectivity index (χ1) is 11.1. The first kappa shape index (κ1) is 16.0. The van der Waals surface area contributed by atoms with Gasteiger partial charge >= 0.3 is 0 Å². The molecule has 3 aromatic rings. The fourth-order valence-electron chi connectivity index (χ4n) is 2.53. The molecule has 0 N–H and O–H groups in total. The SMILES string of the molecule is CN=c1sc(-c2ccc(F)cc2)c(C)n1Cc1cccc(Cl)c1. The number of benzene rings is 2. The van der Waals surface area contributed by atoms with Gasteiger partial charge in [0.05, 0.1) is 11.4 Å². The Morgan fingerprint density at radius 2 is 1.91 bits per heavy atom. The summed E-state index contributed by atoms with van der Waals surface area (Å²) in [6.45, 7) is 2.77. The van der Waals surface area contributed by atoms with Crippen molar-refractivity contribution in [1.82, 2.24) is 4.57 Å². The van der Waals surface area contributed by atoms with Crippen LogP contribution in [0.2, 0.25) is 5.02 Å². The molecule has 0 saturated carbocycles. The van der Waals surface area contributed by atoms with Crippen molar-refractivity contribution in [3.8, 4) is 10.4 Å². The molecule has 0 atom stereocenters. The normalized spacial score (nSPS) is 11.9. The summed E-state index contributed by atoms with van der Waals surface area (Å²) in [6, 6.07) is 14.4. The maximum Gasteiger partial charge on any atom is 0.185 e. The molecule has 1 heterocycles. The second-order valence-corrected chi connectivity index (χ2v) is 6.66. The number of rotatable bonds is 3. The molecule has 0 radical (unpaired) electrons. The van der Waals surface area contributed by atoms with Crippen molar-refractivity contribution >= 4 is 22.9 Å². The topological polar surface area (TPSA) is 17.3 Å². The van der Waals surface area contributed by atoms with E-state index >= 15 is 0 Å². The number of hydrogen-bond donors (Lipinski definition) is 0. The second kappa shape index (κ2) is 6.69. The molecular formula is C18H16ClFN2S. The fraction of sp³-hybridized carbons (Fsp3) is 0.167. The summed E-state index contributed by atoms with van der Waals surface area (Å²) in [5.74, 6) is -0.227. The van der Waals surface area contributed by atoms with Crippen molar-refractivity contribution in [3.05, 3.63) is 75.4 Å². The summed E-state index contributed by atoms with van der Waals surface area (Å²) in [5.41, 5.74) is 3.24. The Hall–Kier alpha value is -1.91. The summed E-state index contributed by atoms with van der Waals surface area (Å²) in [6.07, 6.45) is 0. The molecule has 2 nitrogen and oxygen atoms in total. The lowest BCUT2D eigenvalue weighted by molar-refractivity contribution is 0.628. The van der Waals surface area contributed by atoms with Crippen molar-refractivity contribution in [2.24, 2.45) is 4.99 Å². The minimum Gasteiger partial charge on any atom is -0.316 e. The number of aromatic nitrogens is 1. The van der Waals surface area contributed by atoms with Gasteiger partial charge in [0.25, 0.3) is 0 Å². The highest BCUT2D eigenvalue weighted by Gasteiger charge is 2.12. The van der Waals surface area contributed by atoms with Gasteiger partial charge in [0, 0.05) is 17.8 Å². The maximum absolute atomic E-state index is 13.1. The Bertz CT molecular complexity index is 894. The molecule has 0 saturated heterocycles. The van der Waals surface area contributed by atoms with Crippen LogP contribution >= 0.6 is 22.9 Å². The standard InChI is InChI=1S/C18H16ClFN2S/c1-12-17(14-6-8-16(20)9-7-14)23-18(21-2)22(12)11-13-4-3-5-15(19)10-13/h3-10H,11H2,1-2H3. The molecule has 5 heteroatoms. The maximum atomic E-state index is 13.1. The second-order valence-electron chi connectivity index (χ2n) is 5.25. The van der Waals surface area contributed by atoms with Crippen LogP contribution in [0, 0.1) is 12.7 Å². The van der Waals surface area contributed by atoms with E-state index in [0.717, 1.165) is 31.5 Å². The van der Waals surface area contributed by atoms with Crippen LogP contribution in [0.5, 0.6) is 0 Å². The van der Waals surface area contributed by atoms with E-state index in [-0.39, 0.29) is 5.82 Å². The van der Waals surface area contributed by atoms with Crippen molar-refractivity contribution < 1.29 is 4.39 Å². The largest absolute Gasteiger partial charge is 0.316 e. The van der Waals surface area contributed by atoms with Crippen LogP contribution in [-0.2, 0) is 6.54 Å². The molecule has 118 valence electrons. The third-order valence-corrected chi connectivity index (χ3v) is 5.24. The van der Waals surface area contributed by atoms with Gasteiger partial charge in [0.15, 0.2) is 4.80 Å². The van der Waals surface area contributed by atoms with Crippen LogP contribution in [-0.4, -0.2) is 11.6 Å². The molecule has 1 aromatic heterocycles. The summed E-state index contributed by atoms with van der Waals surface area (Å²) in [5, 5.41) is 0.727. The molecule has 0 spiro atoms. The molecule has 3 rings (SSSR count). The molecule has 0 aliphatic carbocycles. The van der Waals surface area contributed by atoms with Crippen LogP contribution in [0.25, 0.3) is 10.4 Å². The zero-order chi connectivity index (χ0) is 16.4. The smallest absolute Gasteiger partial charge is 0.185 e. The number of halogens is 2. The van der Waals surface area contributed by atoms with Gasteiger partial charge in [-0.05, 0) is 42.3 Å². The third-order valence-electron chi connectivity index (χ3n) is 3.69. The van der Waals surface area contributed by atoms with Crippen LogP contribution in [0.1, 0.15) is 11.3 Å². The predicted molar refractivity (Wildman–Crippen MR) is 94.5 cm³/mol. The van der Waals surface area contributed by atoms with Crippen molar-refractivity contribution in [1.29, 1.82) is 0 Å². The van der Waals surface area contributed by atoms with Crippen LogP contribution in [0.4, 0.5) is 4.39 Å². The van der Waals surface area contributed by atoms with Gasteiger partial charge < -0.3 is 4.57 Å². The minimum atomic E-state index is -0.227. The third kappa shape index (κ3) is 3.38. The van der Waals surface area contributed by atoms with E-state index in [2.05, 4.69) is 16.5 Å². The van der Waals surface area contributed by atoms with Crippen molar-refractivity contribution in [3.63, 3.8) is 0 Å². The highest BCUT2D eigenvalue weighted by molar-refractivity contribution is 7.13. The van der Waals surface area contributed by atoms with E-state index in [1.165, 1.54) is 12.1 Å². The molecule has 0 fully saturated rings. The molecule has 23 heavy (non-hydrogen) atoms. The van der Waals surface area contributed by atoms with E-state index in [9.17, 15) is 4.39 Å². The summed E-state index contributed by atoms with van der Waals surface area (Å²) in [7, 11) is 1.79. The Kier molecular flexibility index (Phi) is 4.64. The molecule has 0 aliphatic rings. The quantitative estimate of drug-likeness (QED) is 0.642. The lowest BCUT2D eigenvalue weighted by Crippen LogP contribution is -2.16. The molecule has 0 aliphatic heterocycles. The van der Waals surface area contributed by atoms with Gasteiger partial charge in [-0.15, -0.1) is 0 Å². The van der Waals surface area contributed by atoms with E-state index < -0.39 is 0 Å². The van der Waals surface area contributed by atoms with E-state index in [1.807, 2.05) is 24.3 Å². The average molecular weight is 347 g/mol. The molecular weight excluding hydrogens is 331 g/mol. The fourth-order valence-corrected chi connectivity index (χ4v) is 3.84. The van der Waals surface area contributed by atoms with Gasteiger partial charge in [-0.25, -0.2) is 4.39 Å². The summed E-state index contributed by atoms with van der Waals surface area (Å²) in [4.78, 5) is 6.42. The Morgan fingerprint density at radius 1 is 1.17 bits per heavy atom. The van der Waals surface area contributed by atoms with Crippen LogP contribution in [0.3, 0.4) is 0 Å². The van der Waals surface area contributed by atoms with E-state index in [0.29, 0.717) is 6.54 Å². The zero-order valence-electron chi connectivity index (χ0n) is 12.9. The van der Waals surface area contributed by atoms with Crippen LogP contribution in [0.15, 0.2) is 53.5 Å². The highest BCUT2D eigenvalue weighted by Crippen LogP contribution is 2.27. The average Bonchev–Trinajstić information content (AvgIpc) is 2.85. The number of thiazole rings is 1. The Labute approximate surface area is 143 Å². The Morgan fingerprint density at radius 3 is 2.57 bits per heavy atom. The first-order valence-corrected chi connectivity index (χ1v) is 8.41. The summed E-state index contributed by atoms with van der Waals surface area (Å²) < 4.78 is 15.3. The van der Waals surface area contributed by atoms with Gasteiger partial charge in [0.2, 0.25) is 0 Å². The number of hydrogen-bond acceptors (Lipinski definition) is 2. The molecule has 0 amide bonds. The first-order valence-electron chi connectivity index (χ1n) is 7.22. The zero-order valence-corrected chi connectivity index (χ0v) is 14.5. The van der Waals surface area contributed by atoms with Gasteiger partial charge in [-0.2, -0.15) is 0 Å². The monoisotopic (exact) mass is 346 g/mol. The predicted octanol–water partition coefficient (Wildman–Crippen LogP) is 4.90. The van der Waals surface area contributed by atoms with Crippen molar-refractivity contribution in [2.45, 2.75) is 13.5 Å². The molecule has 0 unspecified atom stereocenters. The van der Waals surface area contributed by atoms with Gasteiger partial charge in [-0.1, -0.05) is 47.2 Å².